The lowest BCUT2D eigenvalue weighted by atomic mass is 9.69. The maximum atomic E-state index is 6.32. The van der Waals surface area contributed by atoms with Gasteiger partial charge in [-0.15, -0.1) is 0 Å². The molecule has 0 amide bonds. The summed E-state index contributed by atoms with van der Waals surface area (Å²) in [5.74, 6) is 1.41. The van der Waals surface area contributed by atoms with E-state index in [2.05, 4.69) is 31.3 Å². The second-order valence-corrected chi connectivity index (χ2v) is 5.58. The summed E-state index contributed by atoms with van der Waals surface area (Å²) in [6, 6.07) is 1.64. The number of nitrogens with one attached hydrogen (secondary N) is 1. The maximum Gasteiger partial charge on any atom is 0.0153 e. The molecule has 16 heavy (non-hydrogen) atoms. The molecule has 0 heterocycles. The third kappa shape index (κ3) is 2.49. The third-order valence-electron chi connectivity index (χ3n) is 4.41. The van der Waals surface area contributed by atoms with E-state index >= 15 is 0 Å². The quantitative estimate of drug-likeness (QED) is 0.720. The minimum atomic E-state index is 0.408. The molecule has 2 nitrogen and oxygen atoms in total. The molecule has 2 aliphatic rings. The van der Waals surface area contributed by atoms with Crippen molar-refractivity contribution in [1.82, 2.24) is 5.32 Å². The van der Waals surface area contributed by atoms with Gasteiger partial charge in [0.1, 0.15) is 0 Å². The van der Waals surface area contributed by atoms with E-state index < -0.39 is 0 Å². The average molecular weight is 222 g/mol. The zero-order valence-electron chi connectivity index (χ0n) is 10.7. The van der Waals surface area contributed by atoms with Crippen molar-refractivity contribution in [3.05, 3.63) is 12.2 Å². The second-order valence-electron chi connectivity index (χ2n) is 5.58. The van der Waals surface area contributed by atoms with Crippen LogP contribution in [0.25, 0.3) is 0 Å². The number of rotatable bonds is 3. The minimum Gasteiger partial charge on any atom is -0.327 e. The van der Waals surface area contributed by atoms with Crippen LogP contribution in [0.1, 0.15) is 46.0 Å². The Bertz CT molecular complexity index is 249. The van der Waals surface area contributed by atoms with Crippen molar-refractivity contribution in [1.29, 1.82) is 0 Å². The summed E-state index contributed by atoms with van der Waals surface area (Å²) in [5.41, 5.74) is 6.32. The van der Waals surface area contributed by atoms with Gasteiger partial charge in [0.2, 0.25) is 0 Å². The summed E-state index contributed by atoms with van der Waals surface area (Å²) in [5, 5.41) is 3.77. The van der Waals surface area contributed by atoms with E-state index in [1.165, 1.54) is 32.1 Å². The predicted molar refractivity (Wildman–Crippen MR) is 69.2 cm³/mol. The molecule has 0 aromatic rings. The summed E-state index contributed by atoms with van der Waals surface area (Å²) in [6.45, 7) is 4.52. The first-order valence-corrected chi connectivity index (χ1v) is 6.90. The molecular formula is C14H26N2. The van der Waals surface area contributed by atoms with Crippen LogP contribution in [0, 0.1) is 11.8 Å². The van der Waals surface area contributed by atoms with Crippen LogP contribution in [-0.2, 0) is 0 Å². The molecule has 0 aromatic heterocycles. The van der Waals surface area contributed by atoms with Crippen molar-refractivity contribution in [2.75, 3.05) is 0 Å². The first-order chi connectivity index (χ1) is 7.72. The monoisotopic (exact) mass is 222 g/mol. The smallest absolute Gasteiger partial charge is 0.0153 e. The van der Waals surface area contributed by atoms with Gasteiger partial charge in [-0.25, -0.2) is 0 Å². The highest BCUT2D eigenvalue weighted by Gasteiger charge is 2.37. The fourth-order valence-electron chi connectivity index (χ4n) is 3.33. The van der Waals surface area contributed by atoms with Gasteiger partial charge in [0, 0.05) is 18.1 Å². The molecule has 1 fully saturated rings. The number of hydrogen-bond acceptors (Lipinski definition) is 2. The number of hydrogen-bond donors (Lipinski definition) is 2. The Balaban J connectivity index is 2.04. The highest BCUT2D eigenvalue weighted by Crippen LogP contribution is 2.36. The number of nitrogens with two attached hydrogens (primary N) is 1. The van der Waals surface area contributed by atoms with Gasteiger partial charge in [0.15, 0.2) is 0 Å². The largest absolute Gasteiger partial charge is 0.327 e. The molecule has 2 aliphatic carbocycles. The summed E-state index contributed by atoms with van der Waals surface area (Å²) in [6.07, 6.45) is 11.0. The van der Waals surface area contributed by atoms with E-state index in [-0.39, 0.29) is 0 Å². The molecule has 5 unspecified atom stereocenters. The Hall–Kier alpha value is -0.340. The third-order valence-corrected chi connectivity index (χ3v) is 4.41. The zero-order valence-corrected chi connectivity index (χ0v) is 10.7. The predicted octanol–water partition coefficient (Wildman–Crippen LogP) is 2.45. The van der Waals surface area contributed by atoms with Gasteiger partial charge in [0.25, 0.3) is 0 Å². The van der Waals surface area contributed by atoms with Crippen molar-refractivity contribution in [3.63, 3.8) is 0 Å². The molecule has 0 radical (unpaired) electrons. The van der Waals surface area contributed by atoms with Crippen molar-refractivity contribution in [2.45, 2.75) is 64.1 Å². The average Bonchev–Trinajstić information content (AvgIpc) is 2.29. The minimum absolute atomic E-state index is 0.408. The van der Waals surface area contributed by atoms with Crippen LogP contribution in [0.3, 0.4) is 0 Å². The molecule has 0 spiro atoms. The molecule has 92 valence electrons. The molecule has 0 aliphatic heterocycles. The highest BCUT2D eigenvalue weighted by atomic mass is 15.0. The Kier molecular flexibility index (Phi) is 4.04. The molecule has 1 saturated carbocycles. The lowest BCUT2D eigenvalue weighted by Crippen LogP contribution is -2.53. The molecule has 0 bridgehead atoms. The van der Waals surface area contributed by atoms with Crippen LogP contribution in [0.4, 0.5) is 0 Å². The summed E-state index contributed by atoms with van der Waals surface area (Å²) in [4.78, 5) is 0. The van der Waals surface area contributed by atoms with E-state index in [0.717, 1.165) is 5.92 Å². The van der Waals surface area contributed by atoms with Crippen LogP contribution < -0.4 is 11.1 Å². The fourth-order valence-corrected chi connectivity index (χ4v) is 3.33. The van der Waals surface area contributed by atoms with Crippen molar-refractivity contribution in [3.8, 4) is 0 Å². The summed E-state index contributed by atoms with van der Waals surface area (Å²) in [7, 11) is 0. The molecule has 2 rings (SSSR count). The van der Waals surface area contributed by atoms with Crippen molar-refractivity contribution in [2.24, 2.45) is 17.6 Å². The normalized spacial score (nSPS) is 40.4. The van der Waals surface area contributed by atoms with Gasteiger partial charge in [0.05, 0.1) is 0 Å². The summed E-state index contributed by atoms with van der Waals surface area (Å²) < 4.78 is 0. The number of fused-ring (bicyclic) bond motifs is 1. The first-order valence-electron chi connectivity index (χ1n) is 6.90. The van der Waals surface area contributed by atoms with Crippen LogP contribution in [0.5, 0.6) is 0 Å². The van der Waals surface area contributed by atoms with Crippen LogP contribution >= 0.6 is 0 Å². The number of allylic oxidation sites excluding steroid dienone is 1. The van der Waals surface area contributed by atoms with Crippen molar-refractivity contribution >= 4 is 0 Å². The topological polar surface area (TPSA) is 38.0 Å². The Labute approximate surface area is 99.7 Å². The lowest BCUT2D eigenvalue weighted by molar-refractivity contribution is 0.167. The summed E-state index contributed by atoms with van der Waals surface area (Å²) >= 11 is 0. The SMILES string of the molecule is CCC(C)NC1CC=CC2CCCC(N)C21. The molecule has 0 saturated heterocycles. The van der Waals surface area contributed by atoms with E-state index in [1.807, 2.05) is 0 Å². The standard InChI is InChI=1S/C14H26N2/c1-3-10(2)16-13-9-5-7-11-6-4-8-12(15)14(11)13/h5,7,10-14,16H,3-4,6,8-9,15H2,1-2H3. The second kappa shape index (κ2) is 5.33. The van der Waals surface area contributed by atoms with Gasteiger partial charge in [-0.2, -0.15) is 0 Å². The van der Waals surface area contributed by atoms with Crippen molar-refractivity contribution < 1.29 is 0 Å². The fraction of sp³-hybridized carbons (Fsp3) is 0.857. The molecular weight excluding hydrogens is 196 g/mol. The Morgan fingerprint density at radius 1 is 1.44 bits per heavy atom. The maximum absolute atomic E-state index is 6.32. The molecule has 2 heteroatoms. The van der Waals surface area contributed by atoms with Gasteiger partial charge in [-0.3, -0.25) is 0 Å². The van der Waals surface area contributed by atoms with E-state index in [4.69, 9.17) is 5.73 Å². The Morgan fingerprint density at radius 3 is 3.00 bits per heavy atom. The van der Waals surface area contributed by atoms with Gasteiger partial charge in [-0.05, 0) is 44.4 Å². The lowest BCUT2D eigenvalue weighted by Gasteiger charge is -2.43. The highest BCUT2D eigenvalue weighted by molar-refractivity contribution is 5.07. The molecule has 3 N–H and O–H groups in total. The van der Waals surface area contributed by atoms with Crippen LogP contribution in [0.2, 0.25) is 0 Å². The van der Waals surface area contributed by atoms with E-state index in [1.54, 1.807) is 0 Å². The first kappa shape index (κ1) is 12.1. The zero-order chi connectivity index (χ0) is 11.5. The van der Waals surface area contributed by atoms with Crippen LogP contribution in [-0.4, -0.2) is 18.1 Å². The van der Waals surface area contributed by atoms with Gasteiger partial charge >= 0.3 is 0 Å². The molecule has 5 atom stereocenters. The van der Waals surface area contributed by atoms with Crippen LogP contribution in [0.15, 0.2) is 12.2 Å². The molecule has 0 aromatic carbocycles. The van der Waals surface area contributed by atoms with Gasteiger partial charge in [-0.1, -0.05) is 25.5 Å². The Morgan fingerprint density at radius 2 is 2.25 bits per heavy atom. The van der Waals surface area contributed by atoms with Gasteiger partial charge < -0.3 is 11.1 Å². The van der Waals surface area contributed by atoms with E-state index in [0.29, 0.717) is 24.0 Å². The van der Waals surface area contributed by atoms with E-state index in [9.17, 15) is 0 Å².